The molecule has 0 bridgehead atoms. The zero-order valence-corrected chi connectivity index (χ0v) is 14.6. The molecule has 1 saturated heterocycles. The van der Waals surface area contributed by atoms with Gasteiger partial charge < -0.3 is 16.0 Å². The highest BCUT2D eigenvalue weighted by Crippen LogP contribution is 2.29. The van der Waals surface area contributed by atoms with Crippen LogP contribution in [0, 0.1) is 0 Å². The van der Waals surface area contributed by atoms with E-state index in [4.69, 9.17) is 0 Å². The maximum Gasteiger partial charge on any atom is 0.416 e. The van der Waals surface area contributed by atoms with Crippen LogP contribution in [0.25, 0.3) is 0 Å². The largest absolute Gasteiger partial charge is 0.416 e. The van der Waals surface area contributed by atoms with Gasteiger partial charge in [-0.15, -0.1) is 0 Å². The van der Waals surface area contributed by atoms with Crippen LogP contribution >= 0.6 is 0 Å². The predicted molar refractivity (Wildman–Crippen MR) is 88.3 cm³/mol. The van der Waals surface area contributed by atoms with Crippen molar-refractivity contribution in [1.29, 1.82) is 0 Å². The van der Waals surface area contributed by atoms with Gasteiger partial charge in [-0.2, -0.15) is 13.2 Å². The summed E-state index contributed by atoms with van der Waals surface area (Å²) in [6.07, 6.45) is -4.16. The average molecular weight is 393 g/mol. The number of halogens is 3. The molecule has 2 atom stereocenters. The molecule has 0 aromatic heterocycles. The van der Waals surface area contributed by atoms with Gasteiger partial charge in [0.1, 0.15) is 6.04 Å². The summed E-state index contributed by atoms with van der Waals surface area (Å²) in [4.78, 5) is 23.8. The first kappa shape index (κ1) is 20.0. The van der Waals surface area contributed by atoms with Gasteiger partial charge in [-0.25, -0.2) is 13.2 Å². The van der Waals surface area contributed by atoms with Crippen molar-refractivity contribution in [3.05, 3.63) is 29.8 Å². The number of anilines is 1. The first-order valence-electron chi connectivity index (χ1n) is 7.72. The molecule has 0 radical (unpaired) electrons. The lowest BCUT2D eigenvalue weighted by Crippen LogP contribution is -2.49. The fourth-order valence-corrected chi connectivity index (χ4v) is 4.06. The summed E-state index contributed by atoms with van der Waals surface area (Å²) in [5.41, 5.74) is -0.688. The Bertz CT molecular complexity index is 778. The van der Waals surface area contributed by atoms with Crippen LogP contribution in [-0.2, 0) is 20.8 Å². The molecule has 0 spiro atoms. The molecule has 7 nitrogen and oxygen atoms in total. The van der Waals surface area contributed by atoms with Crippen LogP contribution in [0.4, 0.5) is 23.7 Å². The summed E-state index contributed by atoms with van der Waals surface area (Å²) in [5.74, 6) is -0.770. The first-order chi connectivity index (χ1) is 12.0. The summed E-state index contributed by atoms with van der Waals surface area (Å²) in [5, 5.41) is 7.21. The Morgan fingerprint density at radius 2 is 1.81 bits per heavy atom. The third kappa shape index (κ3) is 5.61. The fraction of sp³-hybridized carbons (Fsp3) is 0.467. The van der Waals surface area contributed by atoms with Gasteiger partial charge in [0.25, 0.3) is 0 Å². The van der Waals surface area contributed by atoms with Gasteiger partial charge in [0.05, 0.1) is 17.1 Å². The molecule has 1 unspecified atom stereocenters. The maximum atomic E-state index is 12.5. The highest BCUT2D eigenvalue weighted by atomic mass is 32.2. The minimum absolute atomic E-state index is 0.00189. The van der Waals surface area contributed by atoms with Crippen molar-refractivity contribution < 1.29 is 31.2 Å². The van der Waals surface area contributed by atoms with Gasteiger partial charge in [-0.05, 0) is 37.6 Å². The first-order valence-corrected chi connectivity index (χ1v) is 9.54. The standard InChI is InChI=1S/C15H18F3N3O4S/c1-9(19-14(23)21-12-6-7-26(24,25)8-12)13(22)20-11-4-2-10(3-5-11)15(16,17)18/h2-5,9,12H,6-8H2,1H3,(H,20,22)(H2,19,21,23)/t9-,12?/m0/s1. The summed E-state index contributed by atoms with van der Waals surface area (Å²) in [7, 11) is -3.14. The predicted octanol–water partition coefficient (Wildman–Crippen LogP) is 1.52. The van der Waals surface area contributed by atoms with Gasteiger partial charge >= 0.3 is 12.2 Å². The number of carbonyl (C=O) groups excluding carboxylic acids is 2. The van der Waals surface area contributed by atoms with Crippen LogP contribution in [0.3, 0.4) is 0 Å². The van der Waals surface area contributed by atoms with Crippen molar-refractivity contribution in [2.75, 3.05) is 16.8 Å². The molecule has 0 aliphatic carbocycles. The molecule has 1 aliphatic rings. The number of alkyl halides is 3. The van der Waals surface area contributed by atoms with Crippen molar-refractivity contribution in [2.24, 2.45) is 0 Å². The second-order valence-corrected chi connectivity index (χ2v) is 8.23. The number of rotatable bonds is 4. The minimum Gasteiger partial charge on any atom is -0.334 e. The van der Waals surface area contributed by atoms with Crippen molar-refractivity contribution in [3.8, 4) is 0 Å². The second kappa shape index (κ2) is 7.52. The van der Waals surface area contributed by atoms with E-state index < -0.39 is 45.6 Å². The fourth-order valence-electron chi connectivity index (χ4n) is 2.39. The van der Waals surface area contributed by atoms with E-state index >= 15 is 0 Å². The Kier molecular flexibility index (Phi) is 5.79. The van der Waals surface area contributed by atoms with Gasteiger partial charge in [0.2, 0.25) is 5.91 Å². The average Bonchev–Trinajstić information content (AvgIpc) is 2.85. The number of hydrogen-bond donors (Lipinski definition) is 3. The van der Waals surface area contributed by atoms with Crippen molar-refractivity contribution >= 4 is 27.5 Å². The molecule has 144 valence electrons. The second-order valence-electron chi connectivity index (χ2n) is 6.00. The van der Waals surface area contributed by atoms with Gasteiger partial charge in [-0.3, -0.25) is 4.79 Å². The number of amides is 3. The number of nitrogens with one attached hydrogen (secondary N) is 3. The summed E-state index contributed by atoms with van der Waals surface area (Å²) >= 11 is 0. The Labute approximate surface area is 148 Å². The molecule has 0 saturated carbocycles. The van der Waals surface area contributed by atoms with E-state index in [1.165, 1.54) is 6.92 Å². The van der Waals surface area contributed by atoms with E-state index in [1.54, 1.807) is 0 Å². The lowest BCUT2D eigenvalue weighted by atomic mass is 10.2. The number of urea groups is 1. The van der Waals surface area contributed by atoms with E-state index in [2.05, 4.69) is 16.0 Å². The number of carbonyl (C=O) groups is 2. The van der Waals surface area contributed by atoms with E-state index in [0.717, 1.165) is 24.3 Å². The van der Waals surface area contributed by atoms with Crippen LogP contribution in [0.1, 0.15) is 18.9 Å². The summed E-state index contributed by atoms with van der Waals surface area (Å²) in [6.45, 7) is 1.39. The zero-order chi connectivity index (χ0) is 19.5. The molecule has 3 amide bonds. The molecule has 1 heterocycles. The molecule has 1 fully saturated rings. The normalized spacial score (nSPS) is 20.2. The lowest BCUT2D eigenvalue weighted by Gasteiger charge is -2.17. The van der Waals surface area contributed by atoms with E-state index in [1.807, 2.05) is 0 Å². The minimum atomic E-state index is -4.47. The third-order valence-corrected chi connectivity index (χ3v) is 5.56. The molecule has 1 aliphatic heterocycles. The Morgan fingerprint density at radius 3 is 2.31 bits per heavy atom. The molecule has 11 heteroatoms. The molecule has 2 rings (SSSR count). The van der Waals surface area contributed by atoms with Gasteiger partial charge in [0, 0.05) is 11.7 Å². The van der Waals surface area contributed by atoms with Crippen LogP contribution in [0.5, 0.6) is 0 Å². The third-order valence-electron chi connectivity index (χ3n) is 3.79. The number of sulfone groups is 1. The number of benzene rings is 1. The highest BCUT2D eigenvalue weighted by Gasteiger charge is 2.31. The Balaban J connectivity index is 1.84. The van der Waals surface area contributed by atoms with E-state index in [9.17, 15) is 31.2 Å². The van der Waals surface area contributed by atoms with Crippen molar-refractivity contribution in [2.45, 2.75) is 31.6 Å². The van der Waals surface area contributed by atoms with Crippen LogP contribution in [0.15, 0.2) is 24.3 Å². The lowest BCUT2D eigenvalue weighted by molar-refractivity contribution is -0.137. The molecule has 1 aromatic carbocycles. The number of hydrogen-bond acceptors (Lipinski definition) is 4. The van der Waals surface area contributed by atoms with Crippen LogP contribution in [-0.4, -0.2) is 43.9 Å². The summed E-state index contributed by atoms with van der Waals surface area (Å²) in [6, 6.07) is 1.71. The molecule has 3 N–H and O–H groups in total. The maximum absolute atomic E-state index is 12.5. The smallest absolute Gasteiger partial charge is 0.334 e. The molecule has 26 heavy (non-hydrogen) atoms. The Morgan fingerprint density at radius 1 is 1.19 bits per heavy atom. The molecular formula is C15H18F3N3O4S. The zero-order valence-electron chi connectivity index (χ0n) is 13.8. The molecular weight excluding hydrogens is 375 g/mol. The topological polar surface area (TPSA) is 104 Å². The van der Waals surface area contributed by atoms with E-state index in [0.29, 0.717) is 6.42 Å². The SMILES string of the molecule is C[C@H](NC(=O)NC1CCS(=O)(=O)C1)C(=O)Nc1ccc(C(F)(F)F)cc1. The summed E-state index contributed by atoms with van der Waals surface area (Å²) < 4.78 is 60.1. The van der Waals surface area contributed by atoms with E-state index in [-0.39, 0.29) is 17.2 Å². The van der Waals surface area contributed by atoms with Crippen molar-refractivity contribution in [1.82, 2.24) is 10.6 Å². The van der Waals surface area contributed by atoms with Crippen LogP contribution < -0.4 is 16.0 Å². The highest BCUT2D eigenvalue weighted by molar-refractivity contribution is 7.91. The van der Waals surface area contributed by atoms with Crippen LogP contribution in [0.2, 0.25) is 0 Å². The monoisotopic (exact) mass is 393 g/mol. The van der Waals surface area contributed by atoms with Gasteiger partial charge in [0.15, 0.2) is 9.84 Å². The van der Waals surface area contributed by atoms with Crippen molar-refractivity contribution in [3.63, 3.8) is 0 Å². The quantitative estimate of drug-likeness (QED) is 0.721. The Hall–Kier alpha value is -2.30. The van der Waals surface area contributed by atoms with Gasteiger partial charge in [-0.1, -0.05) is 0 Å². The molecule has 1 aromatic rings.